The third-order valence-electron chi connectivity index (χ3n) is 7.93. The van der Waals surface area contributed by atoms with Crippen LogP contribution in [0.4, 0.5) is 8.78 Å². The van der Waals surface area contributed by atoms with E-state index in [1.54, 1.807) is 0 Å². The van der Waals surface area contributed by atoms with E-state index >= 15 is 4.39 Å². The summed E-state index contributed by atoms with van der Waals surface area (Å²) in [6, 6.07) is 0. The molecule has 0 saturated heterocycles. The molecule has 192 valence electrons. The van der Waals surface area contributed by atoms with Gasteiger partial charge in [0.25, 0.3) is 0 Å². The molecule has 3 aliphatic rings. The quantitative estimate of drug-likeness (QED) is 0.303. The second-order valence-corrected chi connectivity index (χ2v) is 10.6. The highest BCUT2D eigenvalue weighted by atomic mass is 19.2. The van der Waals surface area contributed by atoms with E-state index < -0.39 is 18.0 Å². The van der Waals surface area contributed by atoms with Crippen molar-refractivity contribution in [2.75, 3.05) is 0 Å². The van der Waals surface area contributed by atoms with Gasteiger partial charge in [0.1, 0.15) is 5.76 Å². The number of halogens is 2. The summed E-state index contributed by atoms with van der Waals surface area (Å²) in [5.74, 6) is -3.26. The standard InChI is InChI=1S/C28H42F2O4/c1-3-5-7-20-9-13-22(14-10-20)26(31)33-24-17-18-28(30,25(29)19-24)34-27(32)23-15-11-21(12-16-23)8-6-4-2/h17-23,25H,3-16H2,1-2H3. The van der Waals surface area contributed by atoms with E-state index in [9.17, 15) is 14.0 Å². The second-order valence-electron chi connectivity index (χ2n) is 10.6. The highest BCUT2D eigenvalue weighted by Gasteiger charge is 2.44. The first-order chi connectivity index (χ1) is 16.3. The van der Waals surface area contributed by atoms with Crippen LogP contribution in [0.3, 0.4) is 0 Å². The predicted octanol–water partition coefficient (Wildman–Crippen LogP) is 7.52. The molecule has 0 aromatic carbocycles. The van der Waals surface area contributed by atoms with Gasteiger partial charge in [-0.05, 0) is 81.4 Å². The fourth-order valence-corrected chi connectivity index (χ4v) is 5.56. The van der Waals surface area contributed by atoms with Crippen LogP contribution in [0.1, 0.15) is 104 Å². The Labute approximate surface area is 203 Å². The van der Waals surface area contributed by atoms with Crippen LogP contribution in [0.15, 0.2) is 24.0 Å². The number of rotatable bonds is 10. The second kappa shape index (κ2) is 12.8. The van der Waals surface area contributed by atoms with Crippen molar-refractivity contribution < 1.29 is 27.8 Å². The van der Waals surface area contributed by atoms with Crippen molar-refractivity contribution in [1.82, 2.24) is 0 Å². The van der Waals surface area contributed by atoms with Gasteiger partial charge in [-0.15, -0.1) is 0 Å². The topological polar surface area (TPSA) is 52.6 Å². The van der Waals surface area contributed by atoms with Crippen LogP contribution in [0.25, 0.3) is 0 Å². The maximum absolute atomic E-state index is 15.1. The molecule has 0 spiro atoms. The highest BCUT2D eigenvalue weighted by molar-refractivity contribution is 5.74. The number of esters is 2. The van der Waals surface area contributed by atoms with Gasteiger partial charge in [-0.2, -0.15) is 4.39 Å². The molecule has 6 heteroatoms. The normalized spacial score (nSPS) is 33.8. The number of alkyl halides is 2. The Hall–Kier alpha value is -1.72. The van der Waals surface area contributed by atoms with Crippen LogP contribution in [0.2, 0.25) is 0 Å². The van der Waals surface area contributed by atoms with Gasteiger partial charge < -0.3 is 9.47 Å². The average Bonchev–Trinajstić information content (AvgIpc) is 2.84. The Kier molecular flexibility index (Phi) is 10.1. The van der Waals surface area contributed by atoms with Crippen molar-refractivity contribution in [2.24, 2.45) is 23.7 Å². The zero-order chi connectivity index (χ0) is 24.6. The molecule has 4 nitrogen and oxygen atoms in total. The number of hydrogen-bond acceptors (Lipinski definition) is 4. The zero-order valence-corrected chi connectivity index (χ0v) is 20.9. The molecule has 0 amide bonds. The van der Waals surface area contributed by atoms with Crippen molar-refractivity contribution >= 4 is 11.9 Å². The molecule has 0 aromatic heterocycles. The number of unbranched alkanes of at least 4 members (excludes halogenated alkanes) is 2. The number of hydrogen-bond donors (Lipinski definition) is 0. The molecule has 0 N–H and O–H groups in total. The van der Waals surface area contributed by atoms with Crippen LogP contribution in [0.5, 0.6) is 0 Å². The molecule has 0 radical (unpaired) electrons. The monoisotopic (exact) mass is 480 g/mol. The summed E-state index contributed by atoms with van der Waals surface area (Å²) in [5, 5.41) is 0. The lowest BCUT2D eigenvalue weighted by Crippen LogP contribution is -2.41. The maximum atomic E-state index is 15.1. The van der Waals surface area contributed by atoms with Crippen LogP contribution in [-0.2, 0) is 19.1 Å². The van der Waals surface area contributed by atoms with Gasteiger partial charge in [0.05, 0.1) is 11.8 Å². The lowest BCUT2D eigenvalue weighted by atomic mass is 9.80. The summed E-state index contributed by atoms with van der Waals surface area (Å²) >= 11 is 0. The largest absolute Gasteiger partial charge is 0.427 e. The average molecular weight is 481 g/mol. The molecule has 2 saturated carbocycles. The van der Waals surface area contributed by atoms with Crippen molar-refractivity contribution in [3.8, 4) is 0 Å². The predicted molar refractivity (Wildman–Crippen MR) is 128 cm³/mol. The van der Waals surface area contributed by atoms with Gasteiger partial charge in [0.15, 0.2) is 6.17 Å². The van der Waals surface area contributed by atoms with E-state index in [0.717, 1.165) is 63.5 Å². The minimum absolute atomic E-state index is 0.0219. The molecule has 2 atom stereocenters. The number of carbonyl (C=O) groups excluding carboxylic acids is 2. The smallest absolute Gasteiger partial charge is 0.314 e. The van der Waals surface area contributed by atoms with E-state index in [4.69, 9.17) is 9.47 Å². The van der Waals surface area contributed by atoms with E-state index in [1.807, 2.05) is 0 Å². The molecule has 0 heterocycles. The van der Waals surface area contributed by atoms with E-state index in [2.05, 4.69) is 13.8 Å². The van der Waals surface area contributed by atoms with Gasteiger partial charge in [-0.3, -0.25) is 9.59 Å². The summed E-state index contributed by atoms with van der Waals surface area (Å²) in [6.45, 7) is 4.34. The van der Waals surface area contributed by atoms with Crippen LogP contribution < -0.4 is 0 Å². The molecule has 0 aliphatic heterocycles. The first-order valence-electron chi connectivity index (χ1n) is 13.5. The van der Waals surface area contributed by atoms with Crippen LogP contribution in [-0.4, -0.2) is 24.0 Å². The number of allylic oxidation sites excluding steroid dienone is 1. The number of ether oxygens (including phenoxy) is 2. The molecule has 0 bridgehead atoms. The molecular weight excluding hydrogens is 438 g/mol. The van der Waals surface area contributed by atoms with Crippen molar-refractivity contribution in [3.05, 3.63) is 24.0 Å². The molecule has 3 aliphatic carbocycles. The Morgan fingerprint density at radius 3 is 1.85 bits per heavy atom. The van der Waals surface area contributed by atoms with E-state index in [1.165, 1.54) is 31.8 Å². The summed E-state index contributed by atoms with van der Waals surface area (Å²) in [5.41, 5.74) is 0. The third kappa shape index (κ3) is 7.39. The van der Waals surface area contributed by atoms with Gasteiger partial charge in [-0.25, -0.2) is 4.39 Å². The molecule has 3 rings (SSSR count). The summed E-state index contributed by atoms with van der Waals surface area (Å²) in [4.78, 5) is 25.1. The Balaban J connectivity index is 1.45. The van der Waals surface area contributed by atoms with E-state index in [-0.39, 0.29) is 23.6 Å². The third-order valence-corrected chi connectivity index (χ3v) is 7.93. The fraction of sp³-hybridized carbons (Fsp3) is 0.786. The van der Waals surface area contributed by atoms with Gasteiger partial charge in [0, 0.05) is 0 Å². The summed E-state index contributed by atoms with van der Waals surface area (Å²) in [7, 11) is 0. The molecule has 2 fully saturated rings. The van der Waals surface area contributed by atoms with Gasteiger partial charge in [0.2, 0.25) is 0 Å². The maximum Gasteiger partial charge on any atom is 0.314 e. The first-order valence-corrected chi connectivity index (χ1v) is 13.5. The molecule has 34 heavy (non-hydrogen) atoms. The Bertz CT molecular complexity index is 733. The fourth-order valence-electron chi connectivity index (χ4n) is 5.56. The minimum atomic E-state index is -2.86. The summed E-state index contributed by atoms with van der Waals surface area (Å²) in [6.07, 6.45) is 14.6. The van der Waals surface area contributed by atoms with Gasteiger partial charge in [-0.1, -0.05) is 52.4 Å². The SMILES string of the molecule is CCCCC1CCC(C(=O)OC2=CC(F)C(F)(OC(=O)C3CCC(CCCC)CC3)C=C2)CC1. The first kappa shape index (κ1) is 26.9. The summed E-state index contributed by atoms with van der Waals surface area (Å²) < 4.78 is 40.2. The van der Waals surface area contributed by atoms with Gasteiger partial charge >= 0.3 is 17.8 Å². The van der Waals surface area contributed by atoms with E-state index in [0.29, 0.717) is 24.7 Å². The highest BCUT2D eigenvalue weighted by Crippen LogP contribution is 2.37. The molecule has 0 aromatic rings. The minimum Gasteiger partial charge on any atom is -0.427 e. The number of carbonyl (C=O) groups is 2. The lowest BCUT2D eigenvalue weighted by Gasteiger charge is -2.32. The van der Waals surface area contributed by atoms with Crippen LogP contribution >= 0.6 is 0 Å². The van der Waals surface area contributed by atoms with Crippen molar-refractivity contribution in [3.63, 3.8) is 0 Å². The molecule has 2 unspecified atom stereocenters. The zero-order valence-electron chi connectivity index (χ0n) is 20.9. The van der Waals surface area contributed by atoms with Crippen molar-refractivity contribution in [2.45, 2.75) is 116 Å². The Morgan fingerprint density at radius 1 is 0.882 bits per heavy atom. The molecular formula is C28H42F2O4. The lowest BCUT2D eigenvalue weighted by molar-refractivity contribution is -0.187. The Morgan fingerprint density at radius 2 is 1.38 bits per heavy atom. The van der Waals surface area contributed by atoms with Crippen molar-refractivity contribution in [1.29, 1.82) is 0 Å². The van der Waals surface area contributed by atoms with Crippen LogP contribution in [0, 0.1) is 23.7 Å².